The molecule has 124 valence electrons. The zero-order valence-electron chi connectivity index (χ0n) is 13.6. The van der Waals surface area contributed by atoms with E-state index in [1.807, 2.05) is 19.0 Å². The van der Waals surface area contributed by atoms with Crippen LogP contribution in [0, 0.1) is 0 Å². The Morgan fingerprint density at radius 1 is 1.39 bits per heavy atom. The first-order valence-electron chi connectivity index (χ1n) is 7.83. The Morgan fingerprint density at radius 2 is 2.09 bits per heavy atom. The highest BCUT2D eigenvalue weighted by molar-refractivity contribution is 7.18. The summed E-state index contributed by atoms with van der Waals surface area (Å²) in [6, 6.07) is -0.923. The van der Waals surface area contributed by atoms with Gasteiger partial charge in [-0.2, -0.15) is 0 Å². The Morgan fingerprint density at radius 3 is 2.74 bits per heavy atom. The van der Waals surface area contributed by atoms with Crippen LogP contribution < -0.4 is 5.56 Å². The maximum atomic E-state index is 13.1. The molecule has 6 nitrogen and oxygen atoms in total. The van der Waals surface area contributed by atoms with Gasteiger partial charge in [-0.05, 0) is 52.3 Å². The lowest BCUT2D eigenvalue weighted by atomic mass is 9.97. The average Bonchev–Trinajstić information content (AvgIpc) is 2.84. The third-order valence-electron chi connectivity index (χ3n) is 4.30. The van der Waals surface area contributed by atoms with Crippen LogP contribution in [0.3, 0.4) is 0 Å². The molecule has 1 unspecified atom stereocenters. The van der Waals surface area contributed by atoms with E-state index in [1.54, 1.807) is 11.3 Å². The van der Waals surface area contributed by atoms with Crippen LogP contribution in [0.1, 0.15) is 42.1 Å². The molecule has 0 aliphatic heterocycles. The van der Waals surface area contributed by atoms with Gasteiger partial charge in [-0.1, -0.05) is 0 Å². The largest absolute Gasteiger partial charge is 0.480 e. The van der Waals surface area contributed by atoms with Crippen LogP contribution in [-0.4, -0.2) is 39.6 Å². The number of carboxylic acid groups (broad SMARTS) is 1. The third-order valence-corrected chi connectivity index (χ3v) is 5.48. The number of aromatic nitrogens is 2. The molecule has 1 aliphatic rings. The lowest BCUT2D eigenvalue weighted by molar-refractivity contribution is -0.140. The molecule has 1 aliphatic carbocycles. The van der Waals surface area contributed by atoms with Crippen LogP contribution in [0.15, 0.2) is 4.79 Å². The lowest BCUT2D eigenvalue weighted by Crippen LogP contribution is -2.33. The summed E-state index contributed by atoms with van der Waals surface area (Å²) in [5.41, 5.74) is 0.887. The number of rotatable bonds is 4. The van der Waals surface area contributed by atoms with Gasteiger partial charge >= 0.3 is 5.97 Å². The van der Waals surface area contributed by atoms with E-state index in [2.05, 4.69) is 4.98 Å². The van der Waals surface area contributed by atoms with Crippen molar-refractivity contribution in [3.8, 4) is 0 Å². The number of nitrogens with zero attached hydrogens (tertiary/aromatic N) is 3. The minimum absolute atomic E-state index is 0.207. The van der Waals surface area contributed by atoms with E-state index in [9.17, 15) is 14.7 Å². The number of carboxylic acids is 1. The van der Waals surface area contributed by atoms with Crippen LogP contribution in [0.4, 0.5) is 0 Å². The van der Waals surface area contributed by atoms with E-state index >= 15 is 0 Å². The molecule has 2 aromatic heterocycles. The van der Waals surface area contributed by atoms with Crippen LogP contribution in [0.5, 0.6) is 0 Å². The average molecular weight is 335 g/mol. The Bertz CT molecular complexity index is 822. The van der Waals surface area contributed by atoms with E-state index in [4.69, 9.17) is 0 Å². The Balaban J connectivity index is 2.30. The Hall–Kier alpha value is -1.73. The second-order valence-electron chi connectivity index (χ2n) is 6.35. The standard InChI is InChI=1S/C16H21N3O3S/c1-9(16(21)22)19-12(8-18(2)3)17-14-13(15(19)20)10-6-4-5-7-11(10)23-14/h9H,4-8H2,1-3H3,(H,21,22). The Labute approximate surface area is 138 Å². The van der Waals surface area contributed by atoms with Crippen molar-refractivity contribution in [3.05, 3.63) is 26.6 Å². The molecule has 0 spiro atoms. The molecule has 2 heterocycles. The van der Waals surface area contributed by atoms with Gasteiger partial charge in [0.1, 0.15) is 16.7 Å². The molecule has 7 heteroatoms. The zero-order chi connectivity index (χ0) is 16.7. The molecule has 2 aromatic rings. The van der Waals surface area contributed by atoms with Gasteiger partial charge in [-0.15, -0.1) is 11.3 Å². The number of fused-ring (bicyclic) bond motifs is 3. The van der Waals surface area contributed by atoms with Gasteiger partial charge in [0.2, 0.25) is 0 Å². The molecule has 0 aromatic carbocycles. The van der Waals surface area contributed by atoms with Crippen molar-refractivity contribution in [1.29, 1.82) is 0 Å². The molecule has 0 fully saturated rings. The number of hydrogen-bond acceptors (Lipinski definition) is 5. The fourth-order valence-electron chi connectivity index (χ4n) is 3.16. The van der Waals surface area contributed by atoms with Gasteiger partial charge in [0.05, 0.1) is 11.9 Å². The Kier molecular flexibility index (Phi) is 4.25. The van der Waals surface area contributed by atoms with Crippen LogP contribution >= 0.6 is 11.3 Å². The first kappa shape index (κ1) is 16.1. The third kappa shape index (κ3) is 2.79. The summed E-state index contributed by atoms with van der Waals surface area (Å²) >= 11 is 1.59. The van der Waals surface area contributed by atoms with Gasteiger partial charge in [-0.3, -0.25) is 9.36 Å². The number of carbonyl (C=O) groups is 1. The zero-order valence-corrected chi connectivity index (χ0v) is 14.4. The van der Waals surface area contributed by atoms with Crippen LogP contribution in [-0.2, 0) is 24.2 Å². The summed E-state index contributed by atoms with van der Waals surface area (Å²) in [7, 11) is 3.76. The molecule has 3 rings (SSSR count). The van der Waals surface area contributed by atoms with E-state index in [0.717, 1.165) is 36.1 Å². The minimum Gasteiger partial charge on any atom is -0.480 e. The van der Waals surface area contributed by atoms with Crippen molar-refractivity contribution in [2.45, 2.75) is 45.2 Å². The van der Waals surface area contributed by atoms with Crippen LogP contribution in [0.25, 0.3) is 10.2 Å². The first-order valence-corrected chi connectivity index (χ1v) is 8.65. The van der Waals surface area contributed by atoms with Gasteiger partial charge < -0.3 is 10.0 Å². The van der Waals surface area contributed by atoms with Crippen molar-refractivity contribution in [1.82, 2.24) is 14.5 Å². The van der Waals surface area contributed by atoms with Gasteiger partial charge in [-0.25, -0.2) is 9.78 Å². The van der Waals surface area contributed by atoms with Crippen molar-refractivity contribution in [3.63, 3.8) is 0 Å². The molecule has 1 N–H and O–H groups in total. The lowest BCUT2D eigenvalue weighted by Gasteiger charge is -2.19. The molecule has 23 heavy (non-hydrogen) atoms. The highest BCUT2D eigenvalue weighted by Gasteiger charge is 2.26. The molecule has 0 saturated heterocycles. The quantitative estimate of drug-likeness (QED) is 0.925. The second kappa shape index (κ2) is 6.05. The topological polar surface area (TPSA) is 75.4 Å². The monoisotopic (exact) mass is 335 g/mol. The molecule has 0 saturated carbocycles. The predicted octanol–water partition coefficient (Wildman–Crippen LogP) is 2.04. The van der Waals surface area contributed by atoms with Crippen molar-refractivity contribution >= 4 is 27.5 Å². The van der Waals surface area contributed by atoms with E-state index < -0.39 is 12.0 Å². The summed E-state index contributed by atoms with van der Waals surface area (Å²) in [5, 5.41) is 10.0. The smallest absolute Gasteiger partial charge is 0.326 e. The number of thiophene rings is 1. The number of aryl methyl sites for hydroxylation is 2. The van der Waals surface area contributed by atoms with E-state index in [0.29, 0.717) is 17.8 Å². The number of hydrogen-bond donors (Lipinski definition) is 1. The first-order chi connectivity index (χ1) is 10.9. The molecule has 0 bridgehead atoms. The summed E-state index contributed by atoms with van der Waals surface area (Å²) in [5.74, 6) is -0.502. The second-order valence-corrected chi connectivity index (χ2v) is 7.43. The van der Waals surface area contributed by atoms with Crippen molar-refractivity contribution in [2.24, 2.45) is 0 Å². The maximum absolute atomic E-state index is 13.1. The van der Waals surface area contributed by atoms with E-state index in [-0.39, 0.29) is 5.56 Å². The highest BCUT2D eigenvalue weighted by atomic mass is 32.1. The number of aliphatic carboxylic acids is 1. The molecule has 0 amide bonds. The minimum atomic E-state index is -1.02. The maximum Gasteiger partial charge on any atom is 0.326 e. The summed E-state index contributed by atoms with van der Waals surface area (Å²) in [6.45, 7) is 1.97. The van der Waals surface area contributed by atoms with Crippen molar-refractivity contribution in [2.75, 3.05) is 14.1 Å². The summed E-state index contributed by atoms with van der Waals surface area (Å²) in [4.78, 5) is 33.1. The molecule has 1 atom stereocenters. The summed E-state index contributed by atoms with van der Waals surface area (Å²) < 4.78 is 1.35. The normalized spacial score (nSPS) is 15.8. The SMILES string of the molecule is CC(C(=O)O)n1c(CN(C)C)nc2sc3c(c2c1=O)CCCC3. The highest BCUT2D eigenvalue weighted by Crippen LogP contribution is 2.34. The van der Waals surface area contributed by atoms with Crippen molar-refractivity contribution < 1.29 is 9.90 Å². The van der Waals surface area contributed by atoms with Gasteiger partial charge in [0.15, 0.2) is 0 Å². The fraction of sp³-hybridized carbons (Fsp3) is 0.562. The molecule has 0 radical (unpaired) electrons. The fourth-order valence-corrected chi connectivity index (χ4v) is 4.43. The molecular formula is C16H21N3O3S. The van der Waals surface area contributed by atoms with E-state index in [1.165, 1.54) is 16.4 Å². The summed E-state index contributed by atoms with van der Waals surface area (Å²) in [6.07, 6.45) is 4.10. The van der Waals surface area contributed by atoms with Gasteiger partial charge in [0, 0.05) is 4.88 Å². The van der Waals surface area contributed by atoms with Gasteiger partial charge in [0.25, 0.3) is 5.56 Å². The molecular weight excluding hydrogens is 314 g/mol. The predicted molar refractivity (Wildman–Crippen MR) is 90.3 cm³/mol. The van der Waals surface area contributed by atoms with Crippen LogP contribution in [0.2, 0.25) is 0 Å².